The Morgan fingerprint density at radius 3 is 2.77 bits per heavy atom. The molecule has 1 N–H and O–H groups in total. The van der Waals surface area contributed by atoms with Crippen LogP contribution < -0.4 is 10.9 Å². The number of carbonyl (C=O) groups excluding carboxylic acids is 1. The van der Waals surface area contributed by atoms with Gasteiger partial charge >= 0.3 is 0 Å². The number of aromatic nitrogens is 4. The van der Waals surface area contributed by atoms with Gasteiger partial charge in [-0.1, -0.05) is 65.9 Å². The van der Waals surface area contributed by atoms with E-state index in [1.807, 2.05) is 68.4 Å². The summed E-state index contributed by atoms with van der Waals surface area (Å²) in [6.07, 6.45) is 1.77. The molecule has 2 aromatic heterocycles. The summed E-state index contributed by atoms with van der Waals surface area (Å²) < 4.78 is 3.39. The first-order chi connectivity index (χ1) is 17.0. The lowest BCUT2D eigenvalue weighted by Gasteiger charge is -2.14. The van der Waals surface area contributed by atoms with Crippen LogP contribution in [0.2, 0.25) is 0 Å². The summed E-state index contributed by atoms with van der Waals surface area (Å²) in [6.45, 7) is 4.07. The molecule has 0 radical (unpaired) electrons. The normalized spacial score (nSPS) is 15.0. The SMILES string of the molecule is Cc1ccc(-n2ncc3c(=O)n4c(nc32)SCC4CC(=O)Nc2cccc3ccccc23)c(C)c1. The molecule has 1 amide bonds. The Bertz CT molecular complexity index is 1680. The van der Waals surface area contributed by atoms with E-state index >= 15 is 0 Å². The van der Waals surface area contributed by atoms with Crippen molar-refractivity contribution >= 4 is 45.2 Å². The highest BCUT2D eigenvalue weighted by molar-refractivity contribution is 7.99. The Morgan fingerprint density at radius 2 is 1.91 bits per heavy atom. The average Bonchev–Trinajstić information content (AvgIpc) is 3.44. The molecule has 5 aromatic rings. The van der Waals surface area contributed by atoms with Gasteiger partial charge in [-0.25, -0.2) is 9.67 Å². The van der Waals surface area contributed by atoms with Crippen LogP contribution in [0.5, 0.6) is 0 Å². The number of anilines is 1. The Labute approximate surface area is 205 Å². The monoisotopic (exact) mass is 481 g/mol. The number of benzene rings is 3. The number of rotatable bonds is 4. The predicted molar refractivity (Wildman–Crippen MR) is 140 cm³/mol. The lowest BCUT2D eigenvalue weighted by Crippen LogP contribution is -2.27. The van der Waals surface area contributed by atoms with Crippen LogP contribution in [0, 0.1) is 13.8 Å². The molecule has 8 heteroatoms. The highest BCUT2D eigenvalue weighted by Crippen LogP contribution is 2.34. The lowest BCUT2D eigenvalue weighted by atomic mass is 10.1. The fraction of sp³-hybridized carbons (Fsp3) is 0.185. The van der Waals surface area contributed by atoms with Crippen LogP contribution in [0.1, 0.15) is 23.6 Å². The molecule has 35 heavy (non-hydrogen) atoms. The van der Waals surface area contributed by atoms with Crippen LogP contribution in [0.25, 0.3) is 27.5 Å². The maximum Gasteiger partial charge on any atom is 0.265 e. The number of carbonyl (C=O) groups is 1. The fourth-order valence-corrected chi connectivity index (χ4v) is 5.88. The second-order valence-corrected chi connectivity index (χ2v) is 9.88. The van der Waals surface area contributed by atoms with E-state index in [1.165, 1.54) is 11.8 Å². The Hall–Kier alpha value is -3.91. The zero-order valence-corrected chi connectivity index (χ0v) is 20.2. The molecule has 7 nitrogen and oxygen atoms in total. The summed E-state index contributed by atoms with van der Waals surface area (Å²) >= 11 is 1.50. The molecule has 3 heterocycles. The van der Waals surface area contributed by atoms with Crippen molar-refractivity contribution in [1.82, 2.24) is 19.3 Å². The molecular weight excluding hydrogens is 458 g/mol. The van der Waals surface area contributed by atoms with Gasteiger partial charge in [0.15, 0.2) is 10.8 Å². The van der Waals surface area contributed by atoms with Crippen LogP contribution in [-0.4, -0.2) is 31.0 Å². The molecular formula is C27H23N5O2S. The van der Waals surface area contributed by atoms with Gasteiger partial charge in [-0.2, -0.15) is 5.10 Å². The second kappa shape index (κ2) is 8.39. The minimum Gasteiger partial charge on any atom is -0.325 e. The molecule has 1 aliphatic rings. The third-order valence-electron chi connectivity index (χ3n) is 6.44. The van der Waals surface area contributed by atoms with Crippen LogP contribution in [0.4, 0.5) is 5.69 Å². The number of thioether (sulfide) groups is 1. The largest absolute Gasteiger partial charge is 0.325 e. The number of hydrogen-bond donors (Lipinski definition) is 1. The molecule has 6 rings (SSSR count). The van der Waals surface area contributed by atoms with Crippen LogP contribution >= 0.6 is 11.8 Å². The number of aryl methyl sites for hydroxylation is 2. The first-order valence-electron chi connectivity index (χ1n) is 11.5. The Kier molecular flexibility index (Phi) is 5.18. The smallest absolute Gasteiger partial charge is 0.265 e. The van der Waals surface area contributed by atoms with Crippen molar-refractivity contribution in [2.75, 3.05) is 11.1 Å². The van der Waals surface area contributed by atoms with Crippen LogP contribution in [0.15, 0.2) is 76.8 Å². The highest BCUT2D eigenvalue weighted by Gasteiger charge is 2.30. The zero-order valence-electron chi connectivity index (χ0n) is 19.4. The van der Waals surface area contributed by atoms with E-state index in [2.05, 4.69) is 16.5 Å². The van der Waals surface area contributed by atoms with Crippen molar-refractivity contribution in [3.8, 4) is 5.69 Å². The Morgan fingerprint density at radius 1 is 1.09 bits per heavy atom. The minimum absolute atomic E-state index is 0.127. The van der Waals surface area contributed by atoms with E-state index in [0.717, 1.165) is 33.3 Å². The average molecular weight is 482 g/mol. The Balaban J connectivity index is 1.31. The number of fused-ring (bicyclic) bond motifs is 3. The van der Waals surface area contributed by atoms with Gasteiger partial charge < -0.3 is 5.32 Å². The van der Waals surface area contributed by atoms with Crippen molar-refractivity contribution in [3.05, 3.63) is 88.3 Å². The van der Waals surface area contributed by atoms with Gasteiger partial charge in [-0.3, -0.25) is 14.2 Å². The molecule has 0 spiro atoms. The summed E-state index contributed by atoms with van der Waals surface area (Å²) in [6, 6.07) is 19.6. The first-order valence-corrected chi connectivity index (χ1v) is 12.5. The molecule has 0 saturated carbocycles. The fourth-order valence-electron chi connectivity index (χ4n) is 4.75. The van der Waals surface area contributed by atoms with E-state index < -0.39 is 0 Å². The molecule has 1 unspecified atom stereocenters. The van der Waals surface area contributed by atoms with Gasteiger partial charge in [-0.05, 0) is 36.9 Å². The molecule has 0 saturated heterocycles. The number of hydrogen-bond acceptors (Lipinski definition) is 5. The number of nitrogens with zero attached hydrogens (tertiary/aromatic N) is 4. The molecule has 1 atom stereocenters. The molecule has 3 aromatic carbocycles. The maximum absolute atomic E-state index is 13.5. The van der Waals surface area contributed by atoms with Gasteiger partial charge in [0.1, 0.15) is 5.39 Å². The van der Waals surface area contributed by atoms with Crippen LogP contribution in [0.3, 0.4) is 0 Å². The standard InChI is InChI=1S/C27H23N5O2S/c1-16-10-11-23(17(2)12-16)32-25-21(14-28-32)26(34)31-19(15-35-27(31)30-25)13-24(33)29-22-9-5-7-18-6-3-4-8-20(18)22/h3-12,14,19H,13,15H2,1-2H3,(H,29,33). The lowest BCUT2D eigenvalue weighted by molar-refractivity contribution is -0.116. The first kappa shape index (κ1) is 21.6. The van der Waals surface area contributed by atoms with Crippen molar-refractivity contribution < 1.29 is 4.79 Å². The van der Waals surface area contributed by atoms with Crippen LogP contribution in [-0.2, 0) is 4.79 Å². The zero-order chi connectivity index (χ0) is 24.1. The molecule has 174 valence electrons. The van der Waals surface area contributed by atoms with Gasteiger partial charge in [0, 0.05) is 23.2 Å². The maximum atomic E-state index is 13.5. The summed E-state index contributed by atoms with van der Waals surface area (Å²) in [5.41, 5.74) is 4.28. The summed E-state index contributed by atoms with van der Waals surface area (Å²) in [7, 11) is 0. The van der Waals surface area contributed by atoms with E-state index in [-0.39, 0.29) is 23.9 Å². The van der Waals surface area contributed by atoms with E-state index in [9.17, 15) is 9.59 Å². The second-order valence-electron chi connectivity index (χ2n) is 8.90. The summed E-state index contributed by atoms with van der Waals surface area (Å²) in [5, 5.41) is 10.6. The van der Waals surface area contributed by atoms with Gasteiger partial charge in [0.2, 0.25) is 5.91 Å². The van der Waals surface area contributed by atoms with Crippen molar-refractivity contribution in [1.29, 1.82) is 0 Å². The molecule has 0 fully saturated rings. The molecule has 1 aliphatic heterocycles. The minimum atomic E-state index is -0.265. The van der Waals surface area contributed by atoms with Crippen molar-refractivity contribution in [2.45, 2.75) is 31.5 Å². The van der Waals surface area contributed by atoms with Gasteiger partial charge in [0.05, 0.1) is 17.9 Å². The number of amides is 1. The van der Waals surface area contributed by atoms with E-state index in [4.69, 9.17) is 4.98 Å². The molecule has 0 bridgehead atoms. The predicted octanol–water partition coefficient (Wildman–Crippen LogP) is 5.03. The highest BCUT2D eigenvalue weighted by atomic mass is 32.2. The van der Waals surface area contributed by atoms with Gasteiger partial charge in [-0.15, -0.1) is 0 Å². The third kappa shape index (κ3) is 3.70. The van der Waals surface area contributed by atoms with Gasteiger partial charge in [0.25, 0.3) is 5.56 Å². The van der Waals surface area contributed by atoms with E-state index in [1.54, 1.807) is 15.4 Å². The molecule has 0 aliphatic carbocycles. The summed E-state index contributed by atoms with van der Waals surface area (Å²) in [4.78, 5) is 31.2. The van der Waals surface area contributed by atoms with Crippen molar-refractivity contribution in [3.63, 3.8) is 0 Å². The quantitative estimate of drug-likeness (QED) is 0.364. The third-order valence-corrected chi connectivity index (χ3v) is 7.53. The van der Waals surface area contributed by atoms with Crippen molar-refractivity contribution in [2.24, 2.45) is 0 Å². The van der Waals surface area contributed by atoms with E-state index in [0.29, 0.717) is 21.9 Å². The summed E-state index contributed by atoms with van der Waals surface area (Å²) in [5.74, 6) is 0.493. The topological polar surface area (TPSA) is 81.8 Å². The number of nitrogens with one attached hydrogen (secondary N) is 1.